The number of hydrogen-bond acceptors (Lipinski definition) is 5. The first kappa shape index (κ1) is 14.7. The van der Waals surface area contributed by atoms with Crippen LogP contribution in [-0.2, 0) is 14.6 Å². The lowest BCUT2D eigenvalue weighted by atomic mass is 9.90. The Kier molecular flexibility index (Phi) is 4.20. The maximum Gasteiger partial charge on any atom is 0.235 e. The molecule has 1 saturated heterocycles. The first-order valence-electron chi connectivity index (χ1n) is 5.68. The van der Waals surface area contributed by atoms with Crippen LogP contribution in [0, 0.1) is 5.41 Å². The van der Waals surface area contributed by atoms with E-state index in [9.17, 15) is 13.2 Å². The topological polar surface area (TPSA) is 113 Å². The molecule has 1 aliphatic rings. The minimum absolute atomic E-state index is 0.0367. The number of amidine groups is 1. The van der Waals surface area contributed by atoms with E-state index in [0.29, 0.717) is 13.0 Å². The number of rotatable bonds is 2. The highest BCUT2D eigenvalue weighted by Gasteiger charge is 2.37. The van der Waals surface area contributed by atoms with Gasteiger partial charge >= 0.3 is 0 Å². The molecule has 8 heteroatoms. The van der Waals surface area contributed by atoms with Crippen LogP contribution < -0.4 is 5.73 Å². The number of nitrogens with two attached hydrogens (primary N) is 1. The molecule has 1 rings (SSSR count). The number of sulfone groups is 1. The van der Waals surface area contributed by atoms with Gasteiger partial charge in [0.1, 0.15) is 5.41 Å². The zero-order chi connectivity index (χ0) is 14.0. The molecule has 0 spiro atoms. The molecule has 1 amide bonds. The van der Waals surface area contributed by atoms with Crippen LogP contribution in [0.4, 0.5) is 0 Å². The minimum atomic E-state index is -3.06. The molecule has 0 aromatic heterocycles. The molecule has 1 aliphatic heterocycles. The summed E-state index contributed by atoms with van der Waals surface area (Å²) in [6.45, 7) is 3.62. The van der Waals surface area contributed by atoms with Crippen LogP contribution >= 0.6 is 0 Å². The minimum Gasteiger partial charge on any atom is -0.409 e. The van der Waals surface area contributed by atoms with Crippen LogP contribution in [-0.4, -0.2) is 54.9 Å². The van der Waals surface area contributed by atoms with Gasteiger partial charge in [-0.15, -0.1) is 0 Å². The molecule has 0 saturated carbocycles. The van der Waals surface area contributed by atoms with Gasteiger partial charge in [0.2, 0.25) is 5.91 Å². The van der Waals surface area contributed by atoms with E-state index in [1.165, 1.54) is 4.90 Å². The lowest BCUT2D eigenvalue weighted by molar-refractivity contribution is -0.136. The predicted molar refractivity (Wildman–Crippen MR) is 67.0 cm³/mol. The van der Waals surface area contributed by atoms with Crippen LogP contribution in [0.3, 0.4) is 0 Å². The van der Waals surface area contributed by atoms with E-state index < -0.39 is 15.3 Å². The van der Waals surface area contributed by atoms with E-state index in [1.54, 1.807) is 13.8 Å². The first-order valence-corrected chi connectivity index (χ1v) is 7.50. The van der Waals surface area contributed by atoms with Crippen molar-refractivity contribution >= 4 is 21.6 Å². The van der Waals surface area contributed by atoms with Gasteiger partial charge in [-0.25, -0.2) is 8.42 Å². The van der Waals surface area contributed by atoms with Crippen LogP contribution in [0.5, 0.6) is 0 Å². The fourth-order valence-corrected chi connectivity index (χ4v) is 3.04. The number of amides is 1. The zero-order valence-electron chi connectivity index (χ0n) is 10.6. The third kappa shape index (κ3) is 3.12. The second-order valence-electron chi connectivity index (χ2n) is 4.91. The summed E-state index contributed by atoms with van der Waals surface area (Å²) in [5.74, 6) is -0.444. The summed E-state index contributed by atoms with van der Waals surface area (Å²) in [5, 5.41) is 11.5. The third-order valence-corrected chi connectivity index (χ3v) is 4.84. The van der Waals surface area contributed by atoms with E-state index in [2.05, 4.69) is 5.16 Å². The molecule has 0 radical (unpaired) electrons. The summed E-state index contributed by atoms with van der Waals surface area (Å²) in [4.78, 5) is 13.7. The van der Waals surface area contributed by atoms with Crippen LogP contribution in [0.1, 0.15) is 20.3 Å². The first-order chi connectivity index (χ1) is 8.20. The molecule has 1 heterocycles. The molecule has 0 aromatic carbocycles. The van der Waals surface area contributed by atoms with Gasteiger partial charge in [-0.3, -0.25) is 4.79 Å². The van der Waals surface area contributed by atoms with Crippen molar-refractivity contribution in [3.8, 4) is 0 Å². The summed E-state index contributed by atoms with van der Waals surface area (Å²) in [7, 11) is -3.06. The van der Waals surface area contributed by atoms with E-state index >= 15 is 0 Å². The smallest absolute Gasteiger partial charge is 0.235 e. The van der Waals surface area contributed by atoms with Crippen LogP contribution in [0.2, 0.25) is 0 Å². The summed E-state index contributed by atoms with van der Waals surface area (Å²) in [5.41, 5.74) is 4.35. The van der Waals surface area contributed by atoms with E-state index in [-0.39, 0.29) is 29.8 Å². The largest absolute Gasteiger partial charge is 0.409 e. The Bertz CT molecular complexity index is 456. The number of carbonyl (C=O) groups excluding carboxylic acids is 1. The second-order valence-corrected chi connectivity index (χ2v) is 7.21. The fraction of sp³-hybridized carbons (Fsp3) is 0.800. The quantitative estimate of drug-likeness (QED) is 0.303. The standard InChI is InChI=1S/C10H19N3O4S/c1-10(2,8(11)12-15)9(14)13-4-3-6-18(16,17)7-5-13/h15H,3-7H2,1-2H3,(H2,11,12). The third-order valence-electron chi connectivity index (χ3n) is 3.13. The molecular formula is C10H19N3O4S. The maximum atomic E-state index is 12.2. The van der Waals surface area contributed by atoms with Crippen molar-refractivity contribution in [2.24, 2.45) is 16.3 Å². The summed E-state index contributed by atoms with van der Waals surface area (Å²) in [6, 6.07) is 0. The number of hydrogen-bond donors (Lipinski definition) is 2. The zero-order valence-corrected chi connectivity index (χ0v) is 11.4. The van der Waals surface area contributed by atoms with Gasteiger partial charge in [0.15, 0.2) is 15.7 Å². The molecule has 0 bridgehead atoms. The molecule has 0 atom stereocenters. The highest BCUT2D eigenvalue weighted by atomic mass is 32.2. The summed E-state index contributed by atoms with van der Waals surface area (Å²) < 4.78 is 22.9. The molecule has 18 heavy (non-hydrogen) atoms. The lowest BCUT2D eigenvalue weighted by Gasteiger charge is -2.29. The Morgan fingerprint density at radius 1 is 1.33 bits per heavy atom. The average molecular weight is 277 g/mol. The number of carbonyl (C=O) groups is 1. The van der Waals surface area contributed by atoms with Crippen LogP contribution in [0.15, 0.2) is 5.16 Å². The molecule has 0 aliphatic carbocycles. The Balaban J connectivity index is 2.85. The van der Waals surface area contributed by atoms with Crippen molar-refractivity contribution in [2.45, 2.75) is 20.3 Å². The van der Waals surface area contributed by atoms with Gasteiger partial charge in [0, 0.05) is 13.1 Å². The number of oxime groups is 1. The normalized spacial score (nSPS) is 21.4. The lowest BCUT2D eigenvalue weighted by Crippen LogP contribution is -2.48. The number of nitrogens with zero attached hydrogens (tertiary/aromatic N) is 2. The Morgan fingerprint density at radius 2 is 1.94 bits per heavy atom. The van der Waals surface area contributed by atoms with Crippen molar-refractivity contribution in [3.05, 3.63) is 0 Å². The summed E-state index contributed by atoms with van der Waals surface area (Å²) in [6.07, 6.45) is 0.417. The van der Waals surface area contributed by atoms with Crippen molar-refractivity contribution in [2.75, 3.05) is 24.6 Å². The molecule has 7 nitrogen and oxygen atoms in total. The van der Waals surface area contributed by atoms with Gasteiger partial charge in [-0.2, -0.15) is 0 Å². The predicted octanol–water partition coefficient (Wildman–Crippen LogP) is -0.594. The highest BCUT2D eigenvalue weighted by molar-refractivity contribution is 7.91. The second kappa shape index (κ2) is 5.13. The fourth-order valence-electron chi connectivity index (χ4n) is 1.77. The Labute approximate surface area is 107 Å². The van der Waals surface area contributed by atoms with Crippen molar-refractivity contribution in [1.82, 2.24) is 4.90 Å². The summed E-state index contributed by atoms with van der Waals surface area (Å²) >= 11 is 0. The van der Waals surface area contributed by atoms with Crippen molar-refractivity contribution in [1.29, 1.82) is 0 Å². The monoisotopic (exact) mass is 277 g/mol. The van der Waals surface area contributed by atoms with Gasteiger partial charge < -0.3 is 15.8 Å². The van der Waals surface area contributed by atoms with E-state index in [4.69, 9.17) is 10.9 Å². The molecule has 104 valence electrons. The van der Waals surface area contributed by atoms with Crippen molar-refractivity contribution < 1.29 is 18.4 Å². The van der Waals surface area contributed by atoms with Crippen LogP contribution in [0.25, 0.3) is 0 Å². The maximum absolute atomic E-state index is 12.2. The Hall–Kier alpha value is -1.31. The molecule has 0 unspecified atom stereocenters. The van der Waals surface area contributed by atoms with Gasteiger partial charge in [-0.05, 0) is 20.3 Å². The van der Waals surface area contributed by atoms with E-state index in [1.807, 2.05) is 0 Å². The Morgan fingerprint density at radius 3 is 2.50 bits per heavy atom. The average Bonchev–Trinajstić information content (AvgIpc) is 2.48. The molecule has 3 N–H and O–H groups in total. The molecule has 0 aromatic rings. The SMILES string of the molecule is CC(C)(C(=O)N1CCCS(=O)(=O)CC1)C(N)=NO. The van der Waals surface area contributed by atoms with Gasteiger partial charge in [-0.1, -0.05) is 5.16 Å². The van der Waals surface area contributed by atoms with Gasteiger partial charge in [0.05, 0.1) is 11.5 Å². The molecular weight excluding hydrogens is 258 g/mol. The highest BCUT2D eigenvalue weighted by Crippen LogP contribution is 2.20. The van der Waals surface area contributed by atoms with E-state index in [0.717, 1.165) is 0 Å². The van der Waals surface area contributed by atoms with Gasteiger partial charge in [0.25, 0.3) is 0 Å². The molecule has 1 fully saturated rings. The van der Waals surface area contributed by atoms with Crippen molar-refractivity contribution in [3.63, 3.8) is 0 Å².